The number of hydrogen-bond acceptors (Lipinski definition) is 3. The Labute approximate surface area is 260 Å². The smallest absolute Gasteiger partial charge is 0.394 e. The van der Waals surface area contributed by atoms with Crippen LogP contribution in [0, 0.1) is 12.3 Å². The van der Waals surface area contributed by atoms with E-state index in [0.29, 0.717) is 35.6 Å². The third-order valence-corrected chi connectivity index (χ3v) is 7.21. The molecule has 0 aliphatic carbocycles. The highest BCUT2D eigenvalue weighted by Gasteiger charge is 2.38. The summed E-state index contributed by atoms with van der Waals surface area (Å²) in [5.74, 6) is -1.85. The second-order valence-corrected chi connectivity index (χ2v) is 11.2. The van der Waals surface area contributed by atoms with Crippen molar-refractivity contribution in [3.8, 4) is 18.1 Å². The number of rotatable bonds is 13. The number of carbonyl (C=O) groups excluding carboxylic acids is 2. The van der Waals surface area contributed by atoms with Crippen LogP contribution in [0.3, 0.4) is 0 Å². The second kappa shape index (κ2) is 13.8. The fourth-order valence-corrected chi connectivity index (χ4v) is 5.26. The highest BCUT2D eigenvalue weighted by molar-refractivity contribution is 6.08. The van der Waals surface area contributed by atoms with Crippen molar-refractivity contribution >= 4 is 11.7 Å². The molecule has 1 amide bonds. The molecule has 4 rings (SSSR count). The Kier molecular flexibility index (Phi) is 10.1. The van der Waals surface area contributed by atoms with Gasteiger partial charge in [0, 0.05) is 31.7 Å². The van der Waals surface area contributed by atoms with E-state index in [4.69, 9.17) is 11.2 Å². The number of alkyl halides is 4. The number of aryl methyl sites for hydroxylation is 1. The largest absolute Gasteiger partial charge is 0.433 e. The van der Waals surface area contributed by atoms with E-state index in [2.05, 4.69) is 11.2 Å². The van der Waals surface area contributed by atoms with E-state index in [1.165, 1.54) is 12.1 Å². The molecule has 0 saturated heterocycles. The maximum absolute atomic E-state index is 14.1. The van der Waals surface area contributed by atoms with Crippen LogP contribution in [0.25, 0.3) is 0 Å². The van der Waals surface area contributed by atoms with E-state index < -0.39 is 29.8 Å². The highest BCUT2D eigenvalue weighted by Crippen LogP contribution is 2.37. The van der Waals surface area contributed by atoms with Gasteiger partial charge < -0.3 is 10.1 Å². The zero-order valence-corrected chi connectivity index (χ0v) is 25.0. The zero-order chi connectivity index (χ0) is 32.7. The summed E-state index contributed by atoms with van der Waals surface area (Å²) in [4.78, 5) is 25.5. The van der Waals surface area contributed by atoms with Crippen LogP contribution < -0.4 is 10.1 Å². The summed E-state index contributed by atoms with van der Waals surface area (Å²) in [6.07, 6.45) is 1.75. The highest BCUT2D eigenvalue weighted by atomic mass is 19.3. The molecular formula is C37H33F4NO3. The summed E-state index contributed by atoms with van der Waals surface area (Å²) in [5.41, 5.74) is 1.89. The number of benzene rings is 4. The van der Waals surface area contributed by atoms with Crippen LogP contribution in [-0.4, -0.2) is 23.7 Å². The van der Waals surface area contributed by atoms with Crippen molar-refractivity contribution in [2.24, 2.45) is 0 Å². The lowest BCUT2D eigenvalue weighted by Crippen LogP contribution is -2.48. The number of hydrogen-bond donors (Lipinski definition) is 1. The van der Waals surface area contributed by atoms with Crippen molar-refractivity contribution in [1.82, 2.24) is 5.32 Å². The molecule has 0 spiro atoms. The van der Waals surface area contributed by atoms with Crippen molar-refractivity contribution in [2.45, 2.75) is 57.1 Å². The van der Waals surface area contributed by atoms with Gasteiger partial charge in [-0.3, -0.25) is 9.59 Å². The molecule has 232 valence electrons. The van der Waals surface area contributed by atoms with Crippen molar-refractivity contribution in [3.63, 3.8) is 0 Å². The van der Waals surface area contributed by atoms with Gasteiger partial charge in [0.25, 0.3) is 0 Å². The van der Waals surface area contributed by atoms with Gasteiger partial charge in [0.05, 0.1) is 5.54 Å². The van der Waals surface area contributed by atoms with E-state index >= 15 is 0 Å². The van der Waals surface area contributed by atoms with Crippen LogP contribution in [0.15, 0.2) is 103 Å². The van der Waals surface area contributed by atoms with Crippen molar-refractivity contribution in [3.05, 3.63) is 137 Å². The molecule has 1 atom stereocenters. The standard InChI is InChI=1S/C37H33F4NO3/c1-4-33(43)29-19-16-26(17-20-29)18-21-34(44)42-37(25-27-10-6-5-7-11-27,30-13-8-12-28(22-30)24-35(2,38)39)31-14-9-15-32(23-31)45-36(3,40)41/h1,5-17,19-20,22-23H,18,21,24-25H2,2-3H3,(H,42,44). The van der Waals surface area contributed by atoms with Crippen LogP contribution in [-0.2, 0) is 29.6 Å². The molecule has 1 N–H and O–H groups in total. The molecule has 0 aliphatic rings. The SMILES string of the molecule is C#CC(=O)c1ccc(CCC(=O)NC(Cc2ccccc2)(c2cccc(CC(C)(F)F)c2)c2cccc(OC(C)(F)F)c2)cc1. The van der Waals surface area contributed by atoms with Crippen molar-refractivity contribution < 1.29 is 31.9 Å². The molecule has 45 heavy (non-hydrogen) atoms. The molecule has 4 aromatic rings. The fraction of sp³-hybridized carbons (Fsp3) is 0.243. The van der Waals surface area contributed by atoms with E-state index in [-0.39, 0.29) is 24.5 Å². The first kappa shape index (κ1) is 33.0. The molecule has 0 aromatic heterocycles. The average Bonchev–Trinajstić information content (AvgIpc) is 2.98. The Balaban J connectivity index is 1.79. The average molecular weight is 616 g/mol. The summed E-state index contributed by atoms with van der Waals surface area (Å²) in [7, 11) is 0. The Hall–Kier alpha value is -4.90. The topological polar surface area (TPSA) is 55.4 Å². The maximum atomic E-state index is 14.1. The van der Waals surface area contributed by atoms with E-state index in [0.717, 1.165) is 18.1 Å². The molecule has 0 fully saturated rings. The van der Waals surface area contributed by atoms with E-state index in [1.807, 2.05) is 30.3 Å². The number of nitrogens with one attached hydrogen (secondary N) is 1. The molecule has 0 heterocycles. The van der Waals surface area contributed by atoms with Gasteiger partial charge in [-0.15, -0.1) is 6.42 Å². The van der Waals surface area contributed by atoms with Crippen molar-refractivity contribution in [2.75, 3.05) is 0 Å². The molecule has 0 aliphatic heterocycles. The lowest BCUT2D eigenvalue weighted by molar-refractivity contribution is -0.159. The molecule has 4 nitrogen and oxygen atoms in total. The third-order valence-electron chi connectivity index (χ3n) is 7.21. The Morgan fingerprint density at radius 2 is 1.38 bits per heavy atom. The molecule has 0 saturated carbocycles. The summed E-state index contributed by atoms with van der Waals surface area (Å²) in [5, 5.41) is 3.15. The number of amides is 1. The lowest BCUT2D eigenvalue weighted by atomic mass is 9.77. The minimum absolute atomic E-state index is 0.0366. The molecule has 4 aromatic carbocycles. The number of Topliss-reactive ketones (excluding diaryl/α,β-unsaturated/α-hetero) is 1. The minimum atomic E-state index is -3.46. The quantitative estimate of drug-likeness (QED) is 0.0720. The molecule has 8 heteroatoms. The summed E-state index contributed by atoms with van der Waals surface area (Å²) in [6.45, 7) is 1.46. The monoisotopic (exact) mass is 615 g/mol. The Bertz CT molecular complexity index is 1610. The number of terminal acetylenes is 1. The zero-order valence-electron chi connectivity index (χ0n) is 25.0. The Morgan fingerprint density at radius 1 is 0.756 bits per heavy atom. The van der Waals surface area contributed by atoms with Gasteiger partial charge in [-0.1, -0.05) is 91.0 Å². The number of ether oxygens (including phenoxy) is 1. The van der Waals surface area contributed by atoms with Gasteiger partial charge >= 0.3 is 6.11 Å². The normalized spacial score (nSPS) is 12.9. The second-order valence-electron chi connectivity index (χ2n) is 11.2. The summed E-state index contributed by atoms with van der Waals surface area (Å²) >= 11 is 0. The predicted octanol–water partition coefficient (Wildman–Crippen LogP) is 7.93. The minimum Gasteiger partial charge on any atom is -0.433 e. The van der Waals surface area contributed by atoms with Gasteiger partial charge in [0.15, 0.2) is 0 Å². The molecule has 1 unspecified atom stereocenters. The van der Waals surface area contributed by atoms with Gasteiger partial charge in [0.1, 0.15) is 5.75 Å². The molecular weight excluding hydrogens is 582 g/mol. The first-order valence-electron chi connectivity index (χ1n) is 14.4. The van der Waals surface area contributed by atoms with Crippen LogP contribution in [0.1, 0.15) is 58.4 Å². The predicted molar refractivity (Wildman–Crippen MR) is 165 cm³/mol. The van der Waals surface area contributed by atoms with Crippen molar-refractivity contribution in [1.29, 1.82) is 0 Å². The molecule has 0 radical (unpaired) electrons. The fourth-order valence-electron chi connectivity index (χ4n) is 5.26. The summed E-state index contributed by atoms with van der Waals surface area (Å²) in [6, 6.07) is 28.5. The number of halogens is 4. The summed E-state index contributed by atoms with van der Waals surface area (Å²) < 4.78 is 60.8. The van der Waals surface area contributed by atoms with Gasteiger partial charge in [-0.25, -0.2) is 8.78 Å². The maximum Gasteiger partial charge on any atom is 0.394 e. The van der Waals surface area contributed by atoms with Crippen LogP contribution >= 0.6 is 0 Å². The molecule has 0 bridgehead atoms. The van der Waals surface area contributed by atoms with Crippen LogP contribution in [0.2, 0.25) is 0 Å². The third kappa shape index (κ3) is 9.29. The number of carbonyl (C=O) groups is 2. The lowest BCUT2D eigenvalue weighted by Gasteiger charge is -2.37. The van der Waals surface area contributed by atoms with E-state index in [9.17, 15) is 27.2 Å². The van der Waals surface area contributed by atoms with Crippen LogP contribution in [0.5, 0.6) is 5.75 Å². The van der Waals surface area contributed by atoms with Gasteiger partial charge in [-0.2, -0.15) is 8.78 Å². The van der Waals surface area contributed by atoms with E-state index in [1.54, 1.807) is 60.7 Å². The van der Waals surface area contributed by atoms with Gasteiger partial charge in [-0.05, 0) is 59.2 Å². The van der Waals surface area contributed by atoms with Gasteiger partial charge in [0.2, 0.25) is 17.6 Å². The Morgan fingerprint density at radius 3 is 2.00 bits per heavy atom. The number of ketones is 1. The first-order chi connectivity index (χ1) is 21.3. The first-order valence-corrected chi connectivity index (χ1v) is 14.4. The van der Waals surface area contributed by atoms with Crippen LogP contribution in [0.4, 0.5) is 17.6 Å².